The molecular weight excluding hydrogens is 292 g/mol. The molecule has 3 aromatic rings. The molecule has 0 fully saturated rings. The summed E-state index contributed by atoms with van der Waals surface area (Å²) < 4.78 is 27.2. The zero-order valence-corrected chi connectivity index (χ0v) is 11.8. The molecule has 0 saturated carbocycles. The summed E-state index contributed by atoms with van der Waals surface area (Å²) in [7, 11) is -3.61. The molecule has 0 aliphatic rings. The lowest BCUT2D eigenvalue weighted by Gasteiger charge is -2.05. The van der Waals surface area contributed by atoms with Gasteiger partial charge in [-0.3, -0.25) is 5.10 Å². The van der Waals surface area contributed by atoms with Crippen LogP contribution in [0, 0.1) is 0 Å². The van der Waals surface area contributed by atoms with E-state index in [0.29, 0.717) is 23.3 Å². The maximum absolute atomic E-state index is 12.3. The van der Waals surface area contributed by atoms with Gasteiger partial charge in [-0.05, 0) is 18.2 Å². The minimum Gasteiger partial charge on any atom is -0.399 e. The van der Waals surface area contributed by atoms with Crippen molar-refractivity contribution in [1.82, 2.24) is 24.9 Å². The number of fused-ring (bicyclic) bond motifs is 1. The molecule has 0 aliphatic heterocycles. The highest BCUT2D eigenvalue weighted by Gasteiger charge is 2.18. The minimum absolute atomic E-state index is 0.183. The standard InChI is InChI=1S/C12H14N6O2S/c13-8-1-2-10-9(5-8)11(6-14-10)21(19,20)17-4-3-12-15-7-16-18-12/h1-2,5-7,14,17H,3-4,13H2,(H,15,16,18). The van der Waals surface area contributed by atoms with Crippen molar-refractivity contribution in [2.75, 3.05) is 12.3 Å². The van der Waals surface area contributed by atoms with E-state index in [1.165, 1.54) is 12.5 Å². The third kappa shape index (κ3) is 2.73. The Bertz CT molecular complexity index is 853. The summed E-state index contributed by atoms with van der Waals surface area (Å²) in [6.07, 6.45) is 3.27. The summed E-state index contributed by atoms with van der Waals surface area (Å²) in [6, 6.07) is 5.10. The predicted octanol–water partition coefficient (Wildman–Crippen LogP) is 0.389. The van der Waals surface area contributed by atoms with Gasteiger partial charge in [0.2, 0.25) is 10.0 Å². The number of nitrogens with two attached hydrogens (primary N) is 1. The number of nitrogens with zero attached hydrogens (tertiary/aromatic N) is 2. The predicted molar refractivity (Wildman–Crippen MR) is 78.0 cm³/mol. The van der Waals surface area contributed by atoms with E-state index in [1.54, 1.807) is 18.2 Å². The average Bonchev–Trinajstić information content (AvgIpc) is 3.07. The molecule has 9 heteroatoms. The third-order valence-electron chi connectivity index (χ3n) is 3.08. The zero-order chi connectivity index (χ0) is 14.9. The number of aromatic nitrogens is 4. The molecule has 8 nitrogen and oxygen atoms in total. The van der Waals surface area contributed by atoms with Gasteiger partial charge in [-0.15, -0.1) is 0 Å². The molecule has 21 heavy (non-hydrogen) atoms. The van der Waals surface area contributed by atoms with Crippen molar-refractivity contribution in [3.8, 4) is 0 Å². The molecule has 3 rings (SSSR count). The molecule has 0 spiro atoms. The Balaban J connectivity index is 1.81. The lowest BCUT2D eigenvalue weighted by Crippen LogP contribution is -2.26. The number of hydrogen-bond donors (Lipinski definition) is 4. The van der Waals surface area contributed by atoms with Crippen LogP contribution in [0.25, 0.3) is 10.9 Å². The fourth-order valence-electron chi connectivity index (χ4n) is 2.07. The number of rotatable bonds is 5. The van der Waals surface area contributed by atoms with Gasteiger partial charge in [-0.25, -0.2) is 18.1 Å². The maximum Gasteiger partial charge on any atom is 0.242 e. The smallest absolute Gasteiger partial charge is 0.242 e. The first-order valence-corrected chi connectivity index (χ1v) is 7.75. The van der Waals surface area contributed by atoms with Crippen LogP contribution in [0.15, 0.2) is 35.6 Å². The van der Waals surface area contributed by atoms with Gasteiger partial charge < -0.3 is 10.7 Å². The van der Waals surface area contributed by atoms with Crippen LogP contribution < -0.4 is 10.5 Å². The van der Waals surface area contributed by atoms with Gasteiger partial charge in [-0.1, -0.05) is 0 Å². The van der Waals surface area contributed by atoms with Crippen molar-refractivity contribution >= 4 is 26.6 Å². The first-order chi connectivity index (χ1) is 10.1. The van der Waals surface area contributed by atoms with E-state index in [4.69, 9.17) is 5.73 Å². The molecule has 2 heterocycles. The monoisotopic (exact) mass is 306 g/mol. The normalized spacial score (nSPS) is 12.0. The van der Waals surface area contributed by atoms with Crippen LogP contribution in [-0.4, -0.2) is 35.1 Å². The summed E-state index contributed by atoms with van der Waals surface area (Å²) in [6.45, 7) is 0.229. The minimum atomic E-state index is -3.61. The Morgan fingerprint density at radius 3 is 2.95 bits per heavy atom. The number of sulfonamides is 1. The molecule has 0 radical (unpaired) electrons. The van der Waals surface area contributed by atoms with E-state index in [-0.39, 0.29) is 11.4 Å². The van der Waals surface area contributed by atoms with Crippen LogP contribution in [0.1, 0.15) is 5.82 Å². The highest BCUT2D eigenvalue weighted by molar-refractivity contribution is 7.89. The molecule has 0 saturated heterocycles. The van der Waals surface area contributed by atoms with Crippen LogP contribution in [0.5, 0.6) is 0 Å². The van der Waals surface area contributed by atoms with Crippen molar-refractivity contribution in [3.63, 3.8) is 0 Å². The highest BCUT2D eigenvalue weighted by Crippen LogP contribution is 2.24. The van der Waals surface area contributed by atoms with E-state index in [9.17, 15) is 8.42 Å². The van der Waals surface area contributed by atoms with Gasteiger partial charge in [0, 0.05) is 35.8 Å². The van der Waals surface area contributed by atoms with Crippen molar-refractivity contribution in [2.45, 2.75) is 11.3 Å². The van der Waals surface area contributed by atoms with E-state index in [0.717, 1.165) is 5.52 Å². The summed E-state index contributed by atoms with van der Waals surface area (Å²) in [5.74, 6) is 0.626. The van der Waals surface area contributed by atoms with Crippen LogP contribution in [0.4, 0.5) is 5.69 Å². The fraction of sp³-hybridized carbons (Fsp3) is 0.167. The third-order valence-corrected chi connectivity index (χ3v) is 4.58. The van der Waals surface area contributed by atoms with Crippen molar-refractivity contribution < 1.29 is 8.42 Å². The number of nitrogens with one attached hydrogen (secondary N) is 3. The number of benzene rings is 1. The molecule has 0 unspecified atom stereocenters. The quantitative estimate of drug-likeness (QED) is 0.507. The van der Waals surface area contributed by atoms with Gasteiger partial charge in [-0.2, -0.15) is 5.10 Å². The lowest BCUT2D eigenvalue weighted by molar-refractivity contribution is 0.582. The first kappa shape index (κ1) is 13.6. The highest BCUT2D eigenvalue weighted by atomic mass is 32.2. The van der Waals surface area contributed by atoms with Crippen LogP contribution in [0.3, 0.4) is 0 Å². The summed E-state index contributed by atoms with van der Waals surface area (Å²) in [5, 5.41) is 6.95. The molecule has 2 aromatic heterocycles. The number of aromatic amines is 2. The van der Waals surface area contributed by atoms with E-state index in [2.05, 4.69) is 24.9 Å². The fourth-order valence-corrected chi connectivity index (χ4v) is 3.27. The van der Waals surface area contributed by atoms with Crippen molar-refractivity contribution in [2.24, 2.45) is 0 Å². The average molecular weight is 306 g/mol. The van der Waals surface area contributed by atoms with Crippen molar-refractivity contribution in [3.05, 3.63) is 36.5 Å². The van der Waals surface area contributed by atoms with E-state index < -0.39 is 10.0 Å². The molecule has 0 amide bonds. The summed E-state index contributed by atoms with van der Waals surface area (Å²) in [5.41, 5.74) is 6.95. The Morgan fingerprint density at radius 1 is 1.33 bits per heavy atom. The molecule has 0 atom stereocenters. The first-order valence-electron chi connectivity index (χ1n) is 6.27. The number of hydrogen-bond acceptors (Lipinski definition) is 5. The second-order valence-corrected chi connectivity index (χ2v) is 6.27. The molecular formula is C12H14N6O2S. The Morgan fingerprint density at radius 2 is 2.19 bits per heavy atom. The van der Waals surface area contributed by atoms with Crippen LogP contribution >= 0.6 is 0 Å². The van der Waals surface area contributed by atoms with Gasteiger partial charge in [0.05, 0.1) is 0 Å². The SMILES string of the molecule is Nc1ccc2[nH]cc(S(=O)(=O)NCCc3ncn[nH]3)c2c1. The largest absolute Gasteiger partial charge is 0.399 e. The van der Waals surface area contributed by atoms with Crippen molar-refractivity contribution in [1.29, 1.82) is 0 Å². The van der Waals surface area contributed by atoms with E-state index >= 15 is 0 Å². The van der Waals surface area contributed by atoms with Crippen LogP contribution in [0.2, 0.25) is 0 Å². The second-order valence-electron chi connectivity index (χ2n) is 4.54. The van der Waals surface area contributed by atoms with Crippen LogP contribution in [-0.2, 0) is 16.4 Å². The molecule has 0 bridgehead atoms. The maximum atomic E-state index is 12.3. The van der Waals surface area contributed by atoms with Gasteiger partial charge >= 0.3 is 0 Å². The Kier molecular flexibility index (Phi) is 3.35. The molecule has 0 aliphatic carbocycles. The Labute approximate surface area is 120 Å². The van der Waals surface area contributed by atoms with E-state index in [1.807, 2.05) is 0 Å². The topological polar surface area (TPSA) is 130 Å². The zero-order valence-electron chi connectivity index (χ0n) is 11.0. The molecule has 5 N–H and O–H groups in total. The summed E-state index contributed by atoms with van der Waals surface area (Å²) in [4.78, 5) is 7.04. The second kappa shape index (κ2) is 5.19. The molecule has 110 valence electrons. The molecule has 1 aromatic carbocycles. The lowest BCUT2D eigenvalue weighted by atomic mass is 10.2. The van der Waals surface area contributed by atoms with Gasteiger partial charge in [0.15, 0.2) is 0 Å². The van der Waals surface area contributed by atoms with Gasteiger partial charge in [0.1, 0.15) is 17.0 Å². The number of anilines is 1. The summed E-state index contributed by atoms with van der Waals surface area (Å²) >= 11 is 0. The Hall–Kier alpha value is -2.39. The van der Waals surface area contributed by atoms with Gasteiger partial charge in [0.25, 0.3) is 0 Å². The number of nitrogen functional groups attached to an aromatic ring is 1. The number of H-pyrrole nitrogens is 2.